The van der Waals surface area contributed by atoms with Crippen LogP contribution in [0.5, 0.6) is 0 Å². The maximum atomic E-state index is 12.4. The first kappa shape index (κ1) is 15.4. The smallest absolute Gasteiger partial charge is 0.725 e. The van der Waals surface area contributed by atoms with Gasteiger partial charge in [-0.25, -0.2) is 16.4 Å². The summed E-state index contributed by atoms with van der Waals surface area (Å²) in [6.45, 7) is 0. The SMILES string of the molecule is O=S(=O)([O-])OSCc1ccc(F)cc1.[Na+]. The molecule has 0 N–H and O–H groups in total. The Balaban J connectivity index is 0.00000196. The molecule has 0 heterocycles. The summed E-state index contributed by atoms with van der Waals surface area (Å²) in [4.78, 5) is 0. The van der Waals surface area contributed by atoms with Crippen molar-refractivity contribution in [1.29, 1.82) is 0 Å². The van der Waals surface area contributed by atoms with Crippen molar-refractivity contribution in [3.8, 4) is 0 Å². The molecular formula is C7H6FNaO4S2. The molecule has 0 amide bonds. The van der Waals surface area contributed by atoms with Gasteiger partial charge in [-0.2, -0.15) is 0 Å². The normalized spacial score (nSPS) is 10.8. The van der Waals surface area contributed by atoms with E-state index in [9.17, 15) is 17.4 Å². The molecule has 4 nitrogen and oxygen atoms in total. The number of hydrogen-bond donors (Lipinski definition) is 0. The van der Waals surface area contributed by atoms with E-state index in [2.05, 4.69) is 3.63 Å². The van der Waals surface area contributed by atoms with Crippen LogP contribution in [0.1, 0.15) is 5.56 Å². The van der Waals surface area contributed by atoms with Crippen molar-refractivity contribution in [2.75, 3.05) is 0 Å². The second kappa shape index (κ2) is 6.85. The largest absolute Gasteiger partial charge is 1.00 e. The second-order valence-corrected chi connectivity index (χ2v) is 4.25. The zero-order valence-corrected chi connectivity index (χ0v) is 11.5. The Kier molecular flexibility index (Phi) is 7.02. The van der Waals surface area contributed by atoms with E-state index in [0.717, 1.165) is 0 Å². The maximum Gasteiger partial charge on any atom is 1.00 e. The molecule has 0 aliphatic heterocycles. The molecule has 0 spiro atoms. The van der Waals surface area contributed by atoms with Crippen LogP contribution in [0.25, 0.3) is 0 Å². The van der Waals surface area contributed by atoms with Crippen LogP contribution < -0.4 is 29.6 Å². The minimum absolute atomic E-state index is 0. The summed E-state index contributed by atoms with van der Waals surface area (Å²) >= 11 is 0.496. The van der Waals surface area contributed by atoms with Crippen molar-refractivity contribution in [3.63, 3.8) is 0 Å². The number of benzene rings is 1. The minimum Gasteiger partial charge on any atom is -0.725 e. The van der Waals surface area contributed by atoms with E-state index in [0.29, 0.717) is 17.6 Å². The molecule has 0 radical (unpaired) electrons. The Labute approximate surface area is 114 Å². The van der Waals surface area contributed by atoms with Crippen LogP contribution >= 0.6 is 12.0 Å². The summed E-state index contributed by atoms with van der Waals surface area (Å²) in [6, 6.07) is 5.43. The first-order chi connectivity index (χ1) is 6.47. The van der Waals surface area contributed by atoms with Gasteiger partial charge < -0.3 is 4.55 Å². The van der Waals surface area contributed by atoms with Crippen LogP contribution in [0.4, 0.5) is 4.39 Å². The molecule has 0 saturated heterocycles. The van der Waals surface area contributed by atoms with Crippen LogP contribution in [-0.4, -0.2) is 13.0 Å². The van der Waals surface area contributed by atoms with Crippen molar-refractivity contribution >= 4 is 22.4 Å². The predicted molar refractivity (Wildman–Crippen MR) is 48.5 cm³/mol. The Hall–Kier alpha value is 0.370. The van der Waals surface area contributed by atoms with Gasteiger partial charge in [0.25, 0.3) is 0 Å². The van der Waals surface area contributed by atoms with Crippen LogP contribution in [0.2, 0.25) is 0 Å². The fourth-order valence-corrected chi connectivity index (χ4v) is 1.72. The first-order valence-corrected chi connectivity index (χ1v) is 5.73. The summed E-state index contributed by atoms with van der Waals surface area (Å²) < 4.78 is 46.4. The van der Waals surface area contributed by atoms with Crippen LogP contribution in [0, 0.1) is 5.82 Å². The van der Waals surface area contributed by atoms with E-state index in [1.165, 1.54) is 24.3 Å². The van der Waals surface area contributed by atoms with E-state index in [4.69, 9.17) is 0 Å². The van der Waals surface area contributed by atoms with E-state index >= 15 is 0 Å². The third kappa shape index (κ3) is 7.29. The number of hydrogen-bond acceptors (Lipinski definition) is 5. The maximum absolute atomic E-state index is 12.4. The molecule has 0 bridgehead atoms. The molecule has 8 heteroatoms. The molecule has 0 atom stereocenters. The summed E-state index contributed by atoms with van der Waals surface area (Å²) in [6.07, 6.45) is 0. The molecule has 1 aromatic carbocycles. The van der Waals surface area contributed by atoms with Crippen molar-refractivity contribution in [3.05, 3.63) is 35.6 Å². The standard InChI is InChI=1S/C7H7FO4S2.Na/c8-7-3-1-6(2-4-7)5-13-12-14(9,10)11;/h1-4H,5H2,(H,9,10,11);/q;+1/p-1. The van der Waals surface area contributed by atoms with Gasteiger partial charge in [0.05, 0.1) is 0 Å². The third-order valence-corrected chi connectivity index (χ3v) is 2.77. The molecule has 78 valence electrons. The molecule has 0 saturated carbocycles. The first-order valence-electron chi connectivity index (χ1n) is 3.49. The van der Waals surface area contributed by atoms with Crippen LogP contribution in [0.15, 0.2) is 24.3 Å². The fourth-order valence-electron chi connectivity index (χ4n) is 0.732. The monoisotopic (exact) mass is 260 g/mol. The third-order valence-electron chi connectivity index (χ3n) is 1.27. The molecule has 0 fully saturated rings. The Morgan fingerprint density at radius 1 is 1.33 bits per heavy atom. The van der Waals surface area contributed by atoms with E-state index in [-0.39, 0.29) is 41.1 Å². The van der Waals surface area contributed by atoms with Crippen LogP contribution in [-0.2, 0) is 19.8 Å². The van der Waals surface area contributed by atoms with Gasteiger partial charge in [-0.15, -0.1) is 0 Å². The Morgan fingerprint density at radius 2 is 1.87 bits per heavy atom. The number of rotatable bonds is 4. The van der Waals surface area contributed by atoms with E-state index in [1.54, 1.807) is 0 Å². The zero-order chi connectivity index (χ0) is 10.6. The molecular weight excluding hydrogens is 254 g/mol. The van der Waals surface area contributed by atoms with Gasteiger partial charge in [0.2, 0.25) is 10.4 Å². The predicted octanol–water partition coefficient (Wildman–Crippen LogP) is -1.55. The molecule has 0 unspecified atom stereocenters. The summed E-state index contributed by atoms with van der Waals surface area (Å²) in [5.74, 6) is -0.210. The van der Waals surface area contributed by atoms with Gasteiger partial charge in [-0.1, -0.05) is 12.1 Å². The number of halogens is 1. The molecule has 0 aliphatic carbocycles. The van der Waals surface area contributed by atoms with Gasteiger partial charge in [0.15, 0.2) is 0 Å². The van der Waals surface area contributed by atoms with Gasteiger partial charge in [-0.05, 0) is 17.7 Å². The average molecular weight is 260 g/mol. The van der Waals surface area contributed by atoms with Crippen molar-refractivity contribution < 1.29 is 50.5 Å². The van der Waals surface area contributed by atoms with Gasteiger partial charge >= 0.3 is 29.6 Å². The van der Waals surface area contributed by atoms with Crippen molar-refractivity contribution in [2.24, 2.45) is 0 Å². The summed E-state index contributed by atoms with van der Waals surface area (Å²) in [5, 5.41) is 0. The van der Waals surface area contributed by atoms with E-state index < -0.39 is 10.4 Å². The molecule has 0 aromatic heterocycles. The summed E-state index contributed by atoms with van der Waals surface area (Å²) in [5.41, 5.74) is 0.667. The van der Waals surface area contributed by atoms with E-state index in [1.807, 2.05) is 0 Å². The van der Waals surface area contributed by atoms with Gasteiger partial charge in [0.1, 0.15) is 5.82 Å². The Bertz CT molecular complexity index is 392. The van der Waals surface area contributed by atoms with Gasteiger partial charge in [-0.3, -0.25) is 0 Å². The molecule has 1 aromatic rings. The summed E-state index contributed by atoms with van der Waals surface area (Å²) in [7, 11) is -4.66. The molecule has 0 aliphatic rings. The van der Waals surface area contributed by atoms with Crippen LogP contribution in [0.3, 0.4) is 0 Å². The Morgan fingerprint density at radius 3 is 2.33 bits per heavy atom. The minimum atomic E-state index is -4.66. The second-order valence-electron chi connectivity index (χ2n) is 2.36. The quantitative estimate of drug-likeness (QED) is 0.284. The van der Waals surface area contributed by atoms with Crippen molar-refractivity contribution in [1.82, 2.24) is 0 Å². The molecule has 15 heavy (non-hydrogen) atoms. The topological polar surface area (TPSA) is 66.4 Å². The average Bonchev–Trinajstić information content (AvgIpc) is 2.06. The van der Waals surface area contributed by atoms with Crippen molar-refractivity contribution in [2.45, 2.75) is 5.75 Å². The molecule has 1 rings (SSSR count). The zero-order valence-electron chi connectivity index (χ0n) is 7.84. The fraction of sp³-hybridized carbons (Fsp3) is 0.143. The van der Waals surface area contributed by atoms with Gasteiger partial charge in [0, 0.05) is 17.8 Å².